The first-order valence-corrected chi connectivity index (χ1v) is 15.1. The second-order valence-corrected chi connectivity index (χ2v) is 13.1. The quantitative estimate of drug-likeness (QED) is 0.223. The fourth-order valence-electron chi connectivity index (χ4n) is 6.83. The maximum Gasteiger partial charge on any atom is 0.0686 e. The van der Waals surface area contributed by atoms with Crippen LogP contribution in [-0.2, 0) is 0 Å². The first-order valence-electron chi connectivity index (χ1n) is 13.8. The van der Waals surface area contributed by atoms with E-state index >= 15 is 0 Å². The van der Waals surface area contributed by atoms with E-state index in [0.29, 0.717) is 0 Å². The summed E-state index contributed by atoms with van der Waals surface area (Å²) < 4.78 is 0. The van der Waals surface area contributed by atoms with Gasteiger partial charge in [0, 0.05) is 0 Å². The maximum atomic E-state index is 5.40. The van der Waals surface area contributed by atoms with Gasteiger partial charge in [0.2, 0.25) is 0 Å². The lowest BCUT2D eigenvalue weighted by atomic mass is 9.86. The Morgan fingerprint density at radius 3 is 0.925 bits per heavy atom. The van der Waals surface area contributed by atoms with Crippen LogP contribution in [0, 0.1) is 0 Å². The zero-order valence-electron chi connectivity index (χ0n) is 21.6. The van der Waals surface area contributed by atoms with E-state index in [2.05, 4.69) is 127 Å². The van der Waals surface area contributed by atoms with Crippen LogP contribution < -0.4 is 15.9 Å². The molecule has 7 heterocycles. The van der Waals surface area contributed by atoms with Crippen LogP contribution in [0.3, 0.4) is 0 Å². The summed E-state index contributed by atoms with van der Waals surface area (Å²) in [6, 6.07) is 47.0. The largest absolute Gasteiger partial charge is 0.256 e. The van der Waals surface area contributed by atoms with Crippen LogP contribution in [0.15, 0.2) is 127 Å². The van der Waals surface area contributed by atoms with Crippen molar-refractivity contribution in [3.8, 4) is 0 Å². The predicted octanol–water partition coefficient (Wildman–Crippen LogP) is 6.11. The van der Waals surface area contributed by atoms with Gasteiger partial charge in [-0.25, -0.2) is 0 Å². The van der Waals surface area contributed by atoms with Gasteiger partial charge >= 0.3 is 0 Å². The molecule has 0 atom stereocenters. The standard InChI is InChI=1S/C36H24N3P/c1-7-22-19-25(10-1)40-26-11-2-8-23(20-26)35-30-15-4-13-28(37-30)34(22)29-14-5-16-31(38-29)36(24-9-3-12-27(40)21-24)33-18-6-17-32(35)39-33/h1-21,34-36H. The Kier molecular flexibility index (Phi) is 4.76. The lowest BCUT2D eigenvalue weighted by molar-refractivity contribution is 0.772. The molecule has 0 radical (unpaired) electrons. The first-order chi connectivity index (χ1) is 19.8. The lowest BCUT2D eigenvalue weighted by Crippen LogP contribution is -2.25. The molecule has 188 valence electrons. The Bertz CT molecular complexity index is 1480. The van der Waals surface area contributed by atoms with Crippen LogP contribution in [0.25, 0.3) is 0 Å². The average Bonchev–Trinajstić information content (AvgIpc) is 2.98. The maximum absolute atomic E-state index is 5.40. The number of aromatic nitrogens is 3. The molecule has 10 rings (SSSR count). The van der Waals surface area contributed by atoms with Crippen molar-refractivity contribution in [1.29, 1.82) is 0 Å². The fraction of sp³-hybridized carbons (Fsp3) is 0.0833. The van der Waals surface area contributed by atoms with Gasteiger partial charge in [0.25, 0.3) is 0 Å². The van der Waals surface area contributed by atoms with Crippen LogP contribution >= 0.6 is 7.92 Å². The zero-order valence-corrected chi connectivity index (χ0v) is 22.5. The van der Waals surface area contributed by atoms with Crippen LogP contribution in [0.2, 0.25) is 0 Å². The minimum absolute atomic E-state index is 0.0701. The number of rotatable bonds is 0. The van der Waals surface area contributed by atoms with E-state index in [1.165, 1.54) is 32.6 Å². The molecule has 4 heteroatoms. The van der Waals surface area contributed by atoms with Crippen molar-refractivity contribution < 1.29 is 0 Å². The molecular weight excluding hydrogens is 505 g/mol. The van der Waals surface area contributed by atoms with Crippen LogP contribution in [0.5, 0.6) is 0 Å². The molecule has 6 aromatic rings. The first kappa shape index (κ1) is 22.4. The van der Waals surface area contributed by atoms with Crippen molar-refractivity contribution in [1.82, 2.24) is 15.0 Å². The molecule has 0 saturated carbocycles. The number of hydrogen-bond acceptors (Lipinski definition) is 3. The Labute approximate surface area is 234 Å². The molecular formula is C36H24N3P. The van der Waals surface area contributed by atoms with Gasteiger partial charge < -0.3 is 0 Å². The second kappa shape index (κ2) is 8.52. The summed E-state index contributed by atoms with van der Waals surface area (Å²) in [5, 5.41) is 4.05. The van der Waals surface area contributed by atoms with Gasteiger partial charge in [0.15, 0.2) is 0 Å². The fourth-order valence-corrected chi connectivity index (χ4v) is 9.26. The molecule has 0 fully saturated rings. The van der Waals surface area contributed by atoms with Crippen molar-refractivity contribution in [2.45, 2.75) is 17.8 Å². The van der Waals surface area contributed by atoms with Gasteiger partial charge in [0.05, 0.1) is 51.9 Å². The van der Waals surface area contributed by atoms with Gasteiger partial charge in [0.1, 0.15) is 0 Å². The van der Waals surface area contributed by atoms with E-state index in [4.69, 9.17) is 15.0 Å². The highest BCUT2D eigenvalue weighted by Gasteiger charge is 2.31. The summed E-state index contributed by atoms with van der Waals surface area (Å²) in [5.74, 6) is -0.210. The molecule has 4 aliphatic heterocycles. The minimum atomic E-state index is -0.788. The third-order valence-electron chi connectivity index (χ3n) is 8.54. The third-order valence-corrected chi connectivity index (χ3v) is 10.9. The van der Waals surface area contributed by atoms with E-state index < -0.39 is 7.92 Å². The summed E-state index contributed by atoms with van der Waals surface area (Å²) in [6.45, 7) is 0. The summed E-state index contributed by atoms with van der Waals surface area (Å²) in [6.07, 6.45) is 0. The Hall–Kier alpha value is -4.46. The lowest BCUT2D eigenvalue weighted by Gasteiger charge is -2.29. The van der Waals surface area contributed by atoms with Crippen LogP contribution in [0.4, 0.5) is 0 Å². The Morgan fingerprint density at radius 1 is 0.350 bits per heavy atom. The molecule has 3 aromatic heterocycles. The van der Waals surface area contributed by atoms with Gasteiger partial charge in [-0.2, -0.15) is 0 Å². The molecule has 16 bridgehead atoms. The van der Waals surface area contributed by atoms with Crippen molar-refractivity contribution >= 4 is 23.8 Å². The molecule has 40 heavy (non-hydrogen) atoms. The van der Waals surface area contributed by atoms with Crippen LogP contribution in [0.1, 0.15) is 68.6 Å². The number of benzene rings is 3. The number of pyridine rings is 3. The van der Waals surface area contributed by atoms with Crippen molar-refractivity contribution in [2.24, 2.45) is 0 Å². The van der Waals surface area contributed by atoms with E-state index in [0.717, 1.165) is 34.2 Å². The van der Waals surface area contributed by atoms with Gasteiger partial charge in [-0.15, -0.1) is 0 Å². The molecule has 0 N–H and O–H groups in total. The summed E-state index contributed by atoms with van der Waals surface area (Å²) in [7, 11) is -0.788. The summed E-state index contributed by atoms with van der Waals surface area (Å²) in [4.78, 5) is 16.2. The highest BCUT2D eigenvalue weighted by molar-refractivity contribution is 7.79. The minimum Gasteiger partial charge on any atom is -0.256 e. The Morgan fingerprint density at radius 2 is 0.625 bits per heavy atom. The molecule has 0 saturated heterocycles. The molecule has 3 nitrogen and oxygen atoms in total. The third kappa shape index (κ3) is 3.31. The van der Waals surface area contributed by atoms with E-state index in [1.807, 2.05) is 0 Å². The molecule has 0 aliphatic carbocycles. The van der Waals surface area contributed by atoms with Crippen molar-refractivity contribution in [3.05, 3.63) is 178 Å². The number of hydrogen-bond donors (Lipinski definition) is 0. The van der Waals surface area contributed by atoms with E-state index in [1.54, 1.807) is 0 Å². The van der Waals surface area contributed by atoms with Crippen molar-refractivity contribution in [2.75, 3.05) is 0 Å². The normalized spacial score (nSPS) is 21.0. The topological polar surface area (TPSA) is 38.7 Å². The van der Waals surface area contributed by atoms with Gasteiger partial charge in [-0.1, -0.05) is 72.8 Å². The van der Waals surface area contributed by atoms with Gasteiger partial charge in [-0.3, -0.25) is 15.0 Å². The van der Waals surface area contributed by atoms with E-state index in [-0.39, 0.29) is 17.8 Å². The van der Waals surface area contributed by atoms with E-state index in [9.17, 15) is 0 Å². The average molecular weight is 530 g/mol. The highest BCUT2D eigenvalue weighted by atomic mass is 31.1. The number of nitrogens with zero attached hydrogens (tertiary/aromatic N) is 3. The molecule has 4 aliphatic rings. The smallest absolute Gasteiger partial charge is 0.0686 e. The molecule has 0 spiro atoms. The monoisotopic (exact) mass is 529 g/mol. The SMILES string of the molecule is c1cc2cc(c1)P1c3cccc(c3)C3c4cccc(n4)C2c2cccc(n2)C(c2cccc1c2)c1cccc3n1. The van der Waals surface area contributed by atoms with Crippen LogP contribution in [-0.4, -0.2) is 15.0 Å². The zero-order chi connectivity index (χ0) is 26.2. The highest BCUT2D eigenvalue weighted by Crippen LogP contribution is 2.42. The summed E-state index contributed by atoms with van der Waals surface area (Å²) in [5.41, 5.74) is 9.83. The Balaban J connectivity index is 1.54. The molecule has 0 unspecified atom stereocenters. The predicted molar refractivity (Wildman–Crippen MR) is 161 cm³/mol. The molecule has 0 amide bonds. The van der Waals surface area contributed by atoms with Crippen molar-refractivity contribution in [3.63, 3.8) is 0 Å². The van der Waals surface area contributed by atoms with Gasteiger partial charge in [-0.05, 0) is 95.1 Å². The molecule has 3 aromatic carbocycles. The summed E-state index contributed by atoms with van der Waals surface area (Å²) >= 11 is 0. The second-order valence-electron chi connectivity index (χ2n) is 10.9.